The number of amides is 2. The predicted molar refractivity (Wildman–Crippen MR) is 118 cm³/mol. The number of hydrazine groups is 1. The summed E-state index contributed by atoms with van der Waals surface area (Å²) in [4.78, 5) is 37.1. The molecule has 2 atom stereocenters. The number of hydrogen-bond donors (Lipinski definition) is 3. The maximum atomic E-state index is 12.7. The molecule has 1 aliphatic rings. The molecule has 7 heteroatoms. The molecule has 0 heterocycles. The van der Waals surface area contributed by atoms with Crippen molar-refractivity contribution < 1.29 is 19.1 Å². The molecular formula is C24H29N3O4. The molecule has 31 heavy (non-hydrogen) atoms. The van der Waals surface area contributed by atoms with Crippen molar-refractivity contribution in [1.82, 2.24) is 10.7 Å². The van der Waals surface area contributed by atoms with Crippen molar-refractivity contribution in [3.8, 4) is 11.1 Å². The van der Waals surface area contributed by atoms with Gasteiger partial charge in [-0.3, -0.25) is 15.0 Å². The summed E-state index contributed by atoms with van der Waals surface area (Å²) in [6, 6.07) is 15.2. The molecule has 2 aromatic carbocycles. The molecule has 0 aliphatic heterocycles. The second-order valence-electron chi connectivity index (χ2n) is 8.28. The normalized spacial score (nSPS) is 14.4. The summed E-state index contributed by atoms with van der Waals surface area (Å²) in [6.45, 7) is 5.52. The van der Waals surface area contributed by atoms with E-state index in [2.05, 4.69) is 17.4 Å². The minimum absolute atomic E-state index is 0.0686. The van der Waals surface area contributed by atoms with Gasteiger partial charge in [0.2, 0.25) is 5.91 Å². The van der Waals surface area contributed by atoms with Crippen LogP contribution < -0.4 is 16.6 Å². The van der Waals surface area contributed by atoms with Gasteiger partial charge in [0.15, 0.2) is 5.78 Å². The van der Waals surface area contributed by atoms with E-state index in [1.165, 1.54) is 0 Å². The summed E-state index contributed by atoms with van der Waals surface area (Å²) in [5.41, 5.74) is 6.53. The topological polar surface area (TPSA) is 111 Å². The van der Waals surface area contributed by atoms with Crippen molar-refractivity contribution in [3.05, 3.63) is 59.7 Å². The second kappa shape index (κ2) is 9.75. The maximum absolute atomic E-state index is 12.7. The Morgan fingerprint density at radius 2 is 1.52 bits per heavy atom. The molecule has 0 aromatic heterocycles. The van der Waals surface area contributed by atoms with Crippen LogP contribution in [0.5, 0.6) is 0 Å². The van der Waals surface area contributed by atoms with E-state index in [9.17, 15) is 14.4 Å². The number of benzene rings is 2. The van der Waals surface area contributed by atoms with Gasteiger partial charge in [-0.1, -0.05) is 62.4 Å². The van der Waals surface area contributed by atoms with Crippen LogP contribution in [-0.4, -0.2) is 30.4 Å². The summed E-state index contributed by atoms with van der Waals surface area (Å²) in [5.74, 6) is 3.39. The van der Waals surface area contributed by atoms with Gasteiger partial charge < -0.3 is 10.1 Å². The molecule has 0 saturated heterocycles. The van der Waals surface area contributed by atoms with Crippen LogP contribution >= 0.6 is 0 Å². The van der Waals surface area contributed by atoms with Gasteiger partial charge in [0.1, 0.15) is 12.5 Å². The molecule has 164 valence electrons. The predicted octanol–water partition coefficient (Wildman–Crippen LogP) is 3.13. The average molecular weight is 424 g/mol. The number of rotatable bonds is 8. The van der Waals surface area contributed by atoms with Crippen LogP contribution in [0.3, 0.4) is 0 Å². The van der Waals surface area contributed by atoms with Crippen molar-refractivity contribution in [2.75, 3.05) is 6.61 Å². The fourth-order valence-electron chi connectivity index (χ4n) is 4.11. The number of carbonyl (C=O) groups is 3. The number of nitrogens with one attached hydrogen (secondary N) is 2. The van der Waals surface area contributed by atoms with Crippen LogP contribution in [0.15, 0.2) is 48.5 Å². The van der Waals surface area contributed by atoms with Crippen molar-refractivity contribution in [1.29, 1.82) is 0 Å². The number of Topliss-reactive ketones (excluding diaryl/α,β-unsaturated/α-hetero) is 1. The molecule has 0 radical (unpaired) electrons. The smallest absolute Gasteiger partial charge is 0.407 e. The van der Waals surface area contributed by atoms with Crippen molar-refractivity contribution in [3.63, 3.8) is 0 Å². The average Bonchev–Trinajstić information content (AvgIpc) is 3.08. The highest BCUT2D eigenvalue weighted by atomic mass is 16.5. The standard InChI is InChI=1S/C24H29N3O4/c1-14(2)12-20(23(29)27-25)22(28)15(3)26-24(30)31-13-21-18-10-6-4-8-16(18)17-9-5-7-11-19(17)21/h4-11,14-15,20-21H,12-13,25H2,1-3H3,(H,26,30)(H,27,29)/t15-,20?/m1/s1. The zero-order chi connectivity index (χ0) is 22.5. The van der Waals surface area contributed by atoms with Crippen LogP contribution in [0, 0.1) is 11.8 Å². The SMILES string of the molecule is CC(C)CC(C(=O)NN)C(=O)[C@@H](C)NC(=O)OCC1c2ccccc2-c2ccccc21. The molecular weight excluding hydrogens is 394 g/mol. The molecule has 1 unspecified atom stereocenters. The van der Waals surface area contributed by atoms with Gasteiger partial charge in [-0.2, -0.15) is 0 Å². The zero-order valence-electron chi connectivity index (χ0n) is 18.1. The molecule has 3 rings (SSSR count). The number of hydrogen-bond acceptors (Lipinski definition) is 5. The van der Waals surface area contributed by atoms with Gasteiger partial charge >= 0.3 is 6.09 Å². The van der Waals surface area contributed by atoms with Gasteiger partial charge in [0.25, 0.3) is 0 Å². The van der Waals surface area contributed by atoms with Crippen molar-refractivity contribution >= 4 is 17.8 Å². The third-order valence-electron chi connectivity index (χ3n) is 5.61. The first-order valence-electron chi connectivity index (χ1n) is 10.5. The molecule has 7 nitrogen and oxygen atoms in total. The van der Waals surface area contributed by atoms with E-state index in [4.69, 9.17) is 10.6 Å². The Kier molecular flexibility index (Phi) is 7.07. The van der Waals surface area contributed by atoms with E-state index >= 15 is 0 Å². The molecule has 1 aliphatic carbocycles. The quantitative estimate of drug-likeness (QED) is 0.261. The summed E-state index contributed by atoms with van der Waals surface area (Å²) in [7, 11) is 0. The Morgan fingerprint density at radius 1 is 0.968 bits per heavy atom. The highest BCUT2D eigenvalue weighted by molar-refractivity contribution is 6.04. The van der Waals surface area contributed by atoms with Crippen LogP contribution in [0.4, 0.5) is 4.79 Å². The largest absolute Gasteiger partial charge is 0.449 e. The highest BCUT2D eigenvalue weighted by Gasteiger charge is 2.32. The van der Waals surface area contributed by atoms with E-state index in [0.29, 0.717) is 6.42 Å². The first-order chi connectivity index (χ1) is 14.8. The van der Waals surface area contributed by atoms with Gasteiger partial charge in [-0.05, 0) is 41.5 Å². The lowest BCUT2D eigenvalue weighted by Gasteiger charge is -2.21. The Bertz CT molecular complexity index is 927. The fourth-order valence-corrected chi connectivity index (χ4v) is 4.11. The lowest BCUT2D eigenvalue weighted by molar-refractivity contribution is -0.135. The van der Waals surface area contributed by atoms with Crippen LogP contribution in [-0.2, 0) is 14.3 Å². The van der Waals surface area contributed by atoms with Crippen molar-refractivity contribution in [2.24, 2.45) is 17.7 Å². The lowest BCUT2D eigenvalue weighted by Crippen LogP contribution is -2.48. The third-order valence-corrected chi connectivity index (χ3v) is 5.61. The Morgan fingerprint density at radius 3 is 2.03 bits per heavy atom. The number of carbonyl (C=O) groups excluding carboxylic acids is 3. The highest BCUT2D eigenvalue weighted by Crippen LogP contribution is 2.44. The van der Waals surface area contributed by atoms with Crippen LogP contribution in [0.2, 0.25) is 0 Å². The lowest BCUT2D eigenvalue weighted by atomic mass is 9.89. The van der Waals surface area contributed by atoms with E-state index in [1.807, 2.05) is 55.7 Å². The summed E-state index contributed by atoms with van der Waals surface area (Å²) < 4.78 is 5.48. The number of alkyl carbamates (subject to hydrolysis) is 1. The minimum Gasteiger partial charge on any atom is -0.449 e. The first-order valence-corrected chi connectivity index (χ1v) is 10.5. The molecule has 0 fully saturated rings. The summed E-state index contributed by atoms with van der Waals surface area (Å²) in [6.07, 6.45) is -0.349. The number of fused-ring (bicyclic) bond motifs is 3. The summed E-state index contributed by atoms with van der Waals surface area (Å²) in [5, 5.41) is 2.55. The minimum atomic E-state index is -0.922. The second-order valence-corrected chi connectivity index (χ2v) is 8.28. The number of nitrogens with two attached hydrogens (primary N) is 1. The van der Waals surface area contributed by atoms with E-state index < -0.39 is 29.7 Å². The third kappa shape index (κ3) is 4.94. The molecule has 0 bridgehead atoms. The Labute approximate surface area is 182 Å². The van der Waals surface area contributed by atoms with E-state index in [1.54, 1.807) is 6.92 Å². The van der Waals surface area contributed by atoms with E-state index in [0.717, 1.165) is 22.3 Å². The van der Waals surface area contributed by atoms with Crippen molar-refractivity contribution in [2.45, 2.75) is 39.2 Å². The molecule has 4 N–H and O–H groups in total. The van der Waals surface area contributed by atoms with Crippen LogP contribution in [0.25, 0.3) is 11.1 Å². The number of ketones is 1. The van der Waals surface area contributed by atoms with Crippen LogP contribution in [0.1, 0.15) is 44.2 Å². The molecule has 2 amide bonds. The van der Waals surface area contributed by atoms with E-state index in [-0.39, 0.29) is 18.4 Å². The van der Waals surface area contributed by atoms with Gasteiger partial charge in [0, 0.05) is 5.92 Å². The zero-order valence-corrected chi connectivity index (χ0v) is 18.1. The Balaban J connectivity index is 1.64. The first kappa shape index (κ1) is 22.5. The fraction of sp³-hybridized carbons (Fsp3) is 0.375. The molecule has 0 spiro atoms. The van der Waals surface area contributed by atoms with Gasteiger partial charge in [-0.25, -0.2) is 10.6 Å². The monoisotopic (exact) mass is 423 g/mol. The number of ether oxygens (including phenoxy) is 1. The molecule has 2 aromatic rings. The Hall–Kier alpha value is -3.19. The van der Waals surface area contributed by atoms with Gasteiger partial charge in [0.05, 0.1) is 6.04 Å². The maximum Gasteiger partial charge on any atom is 0.407 e. The van der Waals surface area contributed by atoms with Gasteiger partial charge in [-0.15, -0.1) is 0 Å². The molecule has 0 saturated carbocycles. The summed E-state index contributed by atoms with van der Waals surface area (Å²) >= 11 is 0.